The summed E-state index contributed by atoms with van der Waals surface area (Å²) < 4.78 is 0. The highest BCUT2D eigenvalue weighted by Crippen LogP contribution is 2.36. The Morgan fingerprint density at radius 1 is 1.28 bits per heavy atom. The van der Waals surface area contributed by atoms with E-state index < -0.39 is 11.4 Å². The Morgan fingerprint density at radius 2 is 1.89 bits per heavy atom. The van der Waals surface area contributed by atoms with Crippen molar-refractivity contribution in [1.29, 1.82) is 0 Å². The lowest BCUT2D eigenvalue weighted by Crippen LogP contribution is -2.45. The molecular weight excluding hydrogens is 230 g/mol. The van der Waals surface area contributed by atoms with Crippen LogP contribution in [0.25, 0.3) is 0 Å². The molecule has 1 amide bonds. The van der Waals surface area contributed by atoms with Gasteiger partial charge in [-0.15, -0.1) is 0 Å². The number of hydrogen-bond acceptors (Lipinski definition) is 2. The Kier molecular flexibility index (Phi) is 5.63. The van der Waals surface area contributed by atoms with Crippen molar-refractivity contribution in [2.45, 2.75) is 58.8 Å². The van der Waals surface area contributed by atoms with E-state index in [1.54, 1.807) is 0 Å². The average molecular weight is 255 g/mol. The molecule has 0 aliphatic heterocycles. The molecule has 0 spiro atoms. The minimum atomic E-state index is -0.759. The van der Waals surface area contributed by atoms with Crippen LogP contribution in [0.2, 0.25) is 0 Å². The molecule has 18 heavy (non-hydrogen) atoms. The topological polar surface area (TPSA) is 66.4 Å². The van der Waals surface area contributed by atoms with E-state index in [1.165, 1.54) is 0 Å². The summed E-state index contributed by atoms with van der Waals surface area (Å²) in [5, 5.41) is 12.2. The Hall–Kier alpha value is -1.06. The summed E-state index contributed by atoms with van der Waals surface area (Å²) in [5.74, 6) is -0.793. The van der Waals surface area contributed by atoms with Gasteiger partial charge in [0.25, 0.3) is 0 Å². The normalized spacial score (nSPS) is 20.1. The van der Waals surface area contributed by atoms with Crippen molar-refractivity contribution in [1.82, 2.24) is 5.32 Å². The van der Waals surface area contributed by atoms with Crippen LogP contribution >= 0.6 is 0 Å². The number of carboxylic acids is 1. The van der Waals surface area contributed by atoms with Gasteiger partial charge in [-0.25, -0.2) is 0 Å². The molecule has 104 valence electrons. The van der Waals surface area contributed by atoms with Gasteiger partial charge in [-0.1, -0.05) is 39.5 Å². The first kappa shape index (κ1) is 15.0. The minimum Gasteiger partial charge on any atom is -0.481 e. The van der Waals surface area contributed by atoms with E-state index in [0.29, 0.717) is 12.8 Å². The first-order valence-electron chi connectivity index (χ1n) is 7.03. The molecule has 1 rings (SSSR count). The molecule has 4 nitrogen and oxygen atoms in total. The second kappa shape index (κ2) is 6.76. The number of amides is 1. The first-order valence-corrected chi connectivity index (χ1v) is 7.03. The van der Waals surface area contributed by atoms with Gasteiger partial charge in [-0.05, 0) is 19.3 Å². The zero-order valence-corrected chi connectivity index (χ0v) is 11.5. The maximum atomic E-state index is 11.8. The lowest BCUT2D eigenvalue weighted by Gasteiger charge is -2.33. The third-order valence-electron chi connectivity index (χ3n) is 4.03. The maximum absolute atomic E-state index is 11.8. The fraction of sp³-hybridized carbons (Fsp3) is 0.857. The monoisotopic (exact) mass is 255 g/mol. The lowest BCUT2D eigenvalue weighted by molar-refractivity contribution is -0.151. The van der Waals surface area contributed by atoms with E-state index in [-0.39, 0.29) is 18.4 Å². The first-order chi connectivity index (χ1) is 8.52. The molecule has 0 aromatic heterocycles. The molecule has 1 aliphatic rings. The fourth-order valence-electron chi connectivity index (χ4n) is 2.69. The molecule has 0 aromatic carbocycles. The van der Waals surface area contributed by atoms with Crippen LogP contribution in [0, 0.1) is 11.3 Å². The summed E-state index contributed by atoms with van der Waals surface area (Å²) in [6.45, 7) is 4.23. The predicted molar refractivity (Wildman–Crippen MR) is 70.2 cm³/mol. The average Bonchev–Trinajstić information content (AvgIpc) is 2.37. The summed E-state index contributed by atoms with van der Waals surface area (Å²) in [4.78, 5) is 23.3. The number of carbonyl (C=O) groups is 2. The van der Waals surface area contributed by atoms with E-state index in [0.717, 1.165) is 32.1 Å². The highest BCUT2D eigenvalue weighted by Gasteiger charge is 2.39. The van der Waals surface area contributed by atoms with Crippen LogP contribution in [0.1, 0.15) is 58.8 Å². The summed E-state index contributed by atoms with van der Waals surface area (Å²) in [6.07, 6.45) is 6.20. The third-order valence-corrected chi connectivity index (χ3v) is 4.03. The van der Waals surface area contributed by atoms with Crippen molar-refractivity contribution < 1.29 is 14.7 Å². The Labute approximate surface area is 109 Å². The summed E-state index contributed by atoms with van der Waals surface area (Å²) in [6, 6.07) is 0. The van der Waals surface area contributed by atoms with Crippen molar-refractivity contribution in [2.24, 2.45) is 11.3 Å². The Bertz CT molecular complexity index is 295. The number of carbonyl (C=O) groups excluding carboxylic acids is 1. The molecule has 1 fully saturated rings. The molecule has 0 aromatic rings. The number of carboxylic acid groups (broad SMARTS) is 1. The van der Waals surface area contributed by atoms with E-state index >= 15 is 0 Å². The third kappa shape index (κ3) is 3.72. The van der Waals surface area contributed by atoms with Crippen LogP contribution in [0.5, 0.6) is 0 Å². The number of hydrogen-bond donors (Lipinski definition) is 2. The summed E-state index contributed by atoms with van der Waals surface area (Å²) in [5.41, 5.74) is -0.722. The summed E-state index contributed by atoms with van der Waals surface area (Å²) in [7, 11) is 0. The van der Waals surface area contributed by atoms with Crippen LogP contribution in [0.3, 0.4) is 0 Å². The zero-order chi connectivity index (χ0) is 13.6. The largest absolute Gasteiger partial charge is 0.481 e. The minimum absolute atomic E-state index is 0.0111. The van der Waals surface area contributed by atoms with Gasteiger partial charge in [0.1, 0.15) is 0 Å². The van der Waals surface area contributed by atoms with Gasteiger partial charge in [-0.3, -0.25) is 9.59 Å². The zero-order valence-electron chi connectivity index (χ0n) is 11.5. The van der Waals surface area contributed by atoms with Crippen molar-refractivity contribution in [3.63, 3.8) is 0 Å². The molecular formula is C14H25NO3. The highest BCUT2D eigenvalue weighted by atomic mass is 16.4. The molecule has 1 atom stereocenters. The lowest BCUT2D eigenvalue weighted by atomic mass is 9.74. The van der Waals surface area contributed by atoms with E-state index in [9.17, 15) is 14.7 Å². The van der Waals surface area contributed by atoms with Crippen LogP contribution in [0.4, 0.5) is 0 Å². The van der Waals surface area contributed by atoms with E-state index in [4.69, 9.17) is 0 Å². The van der Waals surface area contributed by atoms with Gasteiger partial charge in [0.2, 0.25) is 5.91 Å². The molecule has 0 saturated heterocycles. The van der Waals surface area contributed by atoms with Crippen LogP contribution in [0.15, 0.2) is 0 Å². The fourth-order valence-corrected chi connectivity index (χ4v) is 2.69. The van der Waals surface area contributed by atoms with Crippen LogP contribution in [-0.2, 0) is 9.59 Å². The second-order valence-electron chi connectivity index (χ2n) is 5.55. The molecule has 1 aliphatic carbocycles. The SMILES string of the molecule is CCCC(C)C(=O)NCC1(C(=O)O)CCCCC1. The van der Waals surface area contributed by atoms with Crippen molar-refractivity contribution in [3.05, 3.63) is 0 Å². The molecule has 1 unspecified atom stereocenters. The number of nitrogens with one attached hydrogen (secondary N) is 1. The predicted octanol–water partition coefficient (Wildman–Crippen LogP) is 2.57. The second-order valence-corrected chi connectivity index (χ2v) is 5.55. The number of aliphatic carboxylic acids is 1. The smallest absolute Gasteiger partial charge is 0.311 e. The maximum Gasteiger partial charge on any atom is 0.311 e. The molecule has 0 heterocycles. The number of rotatable bonds is 6. The molecule has 0 bridgehead atoms. The Morgan fingerprint density at radius 3 is 2.39 bits per heavy atom. The molecule has 2 N–H and O–H groups in total. The molecule has 4 heteroatoms. The Balaban J connectivity index is 2.52. The van der Waals surface area contributed by atoms with Gasteiger partial charge < -0.3 is 10.4 Å². The van der Waals surface area contributed by atoms with Gasteiger partial charge in [0.05, 0.1) is 5.41 Å². The standard InChI is InChI=1S/C14H25NO3/c1-3-7-11(2)12(16)15-10-14(13(17)18)8-5-4-6-9-14/h11H,3-10H2,1-2H3,(H,15,16)(H,17,18). The van der Waals surface area contributed by atoms with Crippen LogP contribution in [-0.4, -0.2) is 23.5 Å². The van der Waals surface area contributed by atoms with Crippen molar-refractivity contribution >= 4 is 11.9 Å². The summed E-state index contributed by atoms with van der Waals surface area (Å²) >= 11 is 0. The molecule has 0 radical (unpaired) electrons. The molecule has 1 saturated carbocycles. The van der Waals surface area contributed by atoms with Gasteiger partial charge in [0.15, 0.2) is 0 Å². The van der Waals surface area contributed by atoms with Crippen molar-refractivity contribution in [2.75, 3.05) is 6.54 Å². The van der Waals surface area contributed by atoms with Gasteiger partial charge >= 0.3 is 5.97 Å². The highest BCUT2D eigenvalue weighted by molar-refractivity contribution is 5.80. The van der Waals surface area contributed by atoms with Gasteiger partial charge in [0, 0.05) is 12.5 Å². The van der Waals surface area contributed by atoms with Crippen molar-refractivity contribution in [3.8, 4) is 0 Å². The van der Waals surface area contributed by atoms with Gasteiger partial charge in [-0.2, -0.15) is 0 Å². The quantitative estimate of drug-likeness (QED) is 0.766. The van der Waals surface area contributed by atoms with E-state index in [2.05, 4.69) is 5.32 Å². The van der Waals surface area contributed by atoms with Crippen LogP contribution < -0.4 is 5.32 Å². The van der Waals surface area contributed by atoms with E-state index in [1.807, 2.05) is 13.8 Å².